The lowest BCUT2D eigenvalue weighted by molar-refractivity contribution is -0.142. The van der Waals surface area contributed by atoms with Crippen LogP contribution in [0.15, 0.2) is 91.0 Å². The van der Waals surface area contributed by atoms with Crippen molar-refractivity contribution in [1.82, 2.24) is 42.1 Å². The predicted molar refractivity (Wildman–Crippen MR) is 289 cm³/mol. The predicted octanol–water partition coefficient (Wildman–Crippen LogP) is 1.37. The molecule has 0 aromatic heterocycles. The van der Waals surface area contributed by atoms with Crippen LogP contribution in [0.2, 0.25) is 0 Å². The number of aliphatic carboxylic acids is 1. The number of thioether (sulfide) groups is 1. The molecule has 1 aliphatic heterocycles. The number of hydrogen-bond donors (Lipinski definition) is 10. The van der Waals surface area contributed by atoms with Crippen LogP contribution in [0.4, 0.5) is 0 Å². The van der Waals surface area contributed by atoms with Crippen LogP contribution in [-0.2, 0) is 62.4 Å². The number of nitrogens with zero attached hydrogens (tertiary/aromatic N) is 1. The number of carbonyl (C=O) groups is 9. The molecule has 4 rings (SSSR count). The van der Waals surface area contributed by atoms with Crippen LogP contribution in [0, 0.1) is 11.8 Å². The van der Waals surface area contributed by atoms with Crippen molar-refractivity contribution in [1.29, 1.82) is 0 Å². The smallest absolute Gasteiger partial charge is 0.326 e. The van der Waals surface area contributed by atoms with Gasteiger partial charge in [-0.05, 0) is 86.5 Å². The number of carboxylic acid groups (broad SMARTS) is 1. The fourth-order valence-electron chi connectivity index (χ4n) is 8.70. The Bertz CT molecular complexity index is 2420. The molecule has 3 aromatic carbocycles. The second kappa shape index (κ2) is 30.6. The van der Waals surface area contributed by atoms with Gasteiger partial charge >= 0.3 is 5.97 Å². The maximum Gasteiger partial charge on any atom is 0.326 e. The van der Waals surface area contributed by atoms with Gasteiger partial charge in [-0.3, -0.25) is 38.4 Å². The number of amides is 8. The number of carbonyl (C=O) groups excluding carboxylic acids is 8. The number of likely N-dealkylation sites (tertiary alicyclic amines) is 1. The van der Waals surface area contributed by atoms with E-state index in [1.54, 1.807) is 80.8 Å². The molecule has 1 heterocycles. The molecule has 21 heteroatoms. The zero-order valence-corrected chi connectivity index (χ0v) is 45.3. The Morgan fingerprint density at radius 3 is 1.53 bits per heavy atom. The van der Waals surface area contributed by atoms with E-state index < -0.39 is 120 Å². The van der Waals surface area contributed by atoms with Gasteiger partial charge in [0.05, 0.1) is 12.1 Å². The highest BCUT2D eigenvalue weighted by Crippen LogP contribution is 2.20. The first-order valence-corrected chi connectivity index (χ1v) is 27.2. The van der Waals surface area contributed by atoms with Gasteiger partial charge in [0.2, 0.25) is 47.3 Å². The Labute approximate surface area is 449 Å². The molecule has 0 unspecified atom stereocenters. The van der Waals surface area contributed by atoms with Gasteiger partial charge in [-0.25, -0.2) is 4.79 Å². The summed E-state index contributed by atoms with van der Waals surface area (Å²) < 4.78 is 0. The van der Waals surface area contributed by atoms with Gasteiger partial charge in [0, 0.05) is 19.4 Å². The van der Waals surface area contributed by atoms with Crippen LogP contribution >= 0.6 is 11.8 Å². The largest absolute Gasteiger partial charge is 0.480 e. The molecule has 0 radical (unpaired) electrons. The van der Waals surface area contributed by atoms with Gasteiger partial charge in [0.1, 0.15) is 48.3 Å². The maximum atomic E-state index is 14.5. The summed E-state index contributed by atoms with van der Waals surface area (Å²) >= 11 is 1.38. The van der Waals surface area contributed by atoms with Crippen molar-refractivity contribution in [2.75, 3.05) is 18.6 Å². The molecule has 0 aliphatic carbocycles. The van der Waals surface area contributed by atoms with Crippen molar-refractivity contribution in [3.63, 3.8) is 0 Å². The Balaban J connectivity index is 1.51. The summed E-state index contributed by atoms with van der Waals surface area (Å²) in [7, 11) is 0. The Morgan fingerprint density at radius 1 is 0.592 bits per heavy atom. The highest BCUT2D eigenvalue weighted by Gasteiger charge is 2.40. The lowest BCUT2D eigenvalue weighted by atomic mass is 10.0. The fraction of sp³-hybridized carbons (Fsp3) is 0.509. The summed E-state index contributed by atoms with van der Waals surface area (Å²) in [6.07, 6.45) is 1.55. The van der Waals surface area contributed by atoms with E-state index in [-0.39, 0.29) is 38.0 Å². The monoisotopic (exact) mass is 1070 g/mol. The fourth-order valence-corrected chi connectivity index (χ4v) is 9.17. The molecule has 0 bridgehead atoms. The van der Waals surface area contributed by atoms with E-state index in [0.717, 1.165) is 5.56 Å². The number of rotatable bonds is 29. The molecule has 1 fully saturated rings. The number of nitrogens with one attached hydrogen (secondary N) is 7. The van der Waals surface area contributed by atoms with Crippen LogP contribution in [0.1, 0.15) is 83.9 Å². The third kappa shape index (κ3) is 19.4. The highest BCUT2D eigenvalue weighted by molar-refractivity contribution is 7.98. The first kappa shape index (κ1) is 61.7. The molecule has 20 nitrogen and oxygen atoms in total. The van der Waals surface area contributed by atoms with Crippen LogP contribution in [0.5, 0.6) is 0 Å². The molecule has 76 heavy (non-hydrogen) atoms. The molecule has 0 spiro atoms. The summed E-state index contributed by atoms with van der Waals surface area (Å²) in [5, 5.41) is 39.1. The molecule has 1 saturated heterocycles. The van der Waals surface area contributed by atoms with Gasteiger partial charge in [-0.1, -0.05) is 119 Å². The van der Waals surface area contributed by atoms with Crippen LogP contribution < -0.4 is 43.0 Å². The van der Waals surface area contributed by atoms with Crippen molar-refractivity contribution in [2.24, 2.45) is 17.6 Å². The van der Waals surface area contributed by atoms with Crippen molar-refractivity contribution in [2.45, 2.75) is 147 Å². The quantitative estimate of drug-likeness (QED) is 0.0471. The van der Waals surface area contributed by atoms with Gasteiger partial charge in [-0.2, -0.15) is 11.8 Å². The molecule has 10 atom stereocenters. The molecule has 3 aromatic rings. The van der Waals surface area contributed by atoms with E-state index in [1.165, 1.54) is 30.5 Å². The normalized spacial score (nSPS) is 16.8. The number of benzene rings is 3. The van der Waals surface area contributed by atoms with E-state index in [9.17, 15) is 53.4 Å². The number of aliphatic hydroxyl groups is 1. The minimum Gasteiger partial charge on any atom is -0.480 e. The average molecular weight is 1070 g/mol. The van der Waals surface area contributed by atoms with Crippen molar-refractivity contribution < 1.29 is 53.4 Å². The number of aliphatic hydroxyl groups excluding tert-OH is 1. The zero-order chi connectivity index (χ0) is 56.1. The Hall–Kier alpha value is -6.84. The summed E-state index contributed by atoms with van der Waals surface area (Å²) in [5.41, 5.74) is 8.47. The Kier molecular flexibility index (Phi) is 24.9. The Morgan fingerprint density at radius 2 is 1.05 bits per heavy atom. The van der Waals surface area contributed by atoms with Gasteiger partial charge in [0.15, 0.2) is 0 Å². The topological polar surface area (TPSA) is 308 Å². The zero-order valence-electron chi connectivity index (χ0n) is 44.5. The van der Waals surface area contributed by atoms with Crippen LogP contribution in [0.3, 0.4) is 0 Å². The number of nitrogens with two attached hydrogens (primary N) is 1. The SMILES string of the molecule is CSCC[C@H](NC(=O)[C@@H](NC(=O)[C@@H](NC(=O)[C@@H]1CCCN1C(=O)[C@@H](N)Cc1ccccc1)C(C)C)[C@@H](C)O)C(=O)N[C@@H](Cc1ccccc1)C(=O)N[C@@H](Cc1ccccc1)C(=O)N[C@@H](C)C(=O)N[C@@H](CC(C)C)C(=O)O. The van der Waals surface area contributed by atoms with E-state index in [0.29, 0.717) is 36.3 Å². The highest BCUT2D eigenvalue weighted by atomic mass is 32.2. The van der Waals surface area contributed by atoms with E-state index in [4.69, 9.17) is 5.73 Å². The first-order valence-electron chi connectivity index (χ1n) is 25.8. The standard InChI is InChI=1S/C55H77N9O11S/c1-32(2)28-43(55(74)75)61-47(66)34(5)57-49(68)41(30-37-20-13-9-14-21-37)60-50(69)42(31-38-22-15-10-16-23-38)59-48(67)40(25-27-76-7)58-53(72)46(35(6)65)63-52(71)45(33(3)4)62-51(70)44-24-17-26-64(44)54(73)39(56)29-36-18-11-8-12-19-36/h8-16,18-23,32-35,39-46,65H,17,24-31,56H2,1-7H3,(H,57,68)(H,58,72)(H,59,67)(H,60,69)(H,61,66)(H,62,70)(H,63,71)(H,74,75)/t34-,35+,39-,40-,41-,42-,43-,44-,45-,46-/m0/s1. The minimum atomic E-state index is -1.62. The molecular formula is C55H77N9O11S. The molecule has 0 saturated carbocycles. The molecule has 1 aliphatic rings. The van der Waals surface area contributed by atoms with Crippen LogP contribution in [0.25, 0.3) is 0 Å². The van der Waals surface area contributed by atoms with Gasteiger partial charge < -0.3 is 58.1 Å². The van der Waals surface area contributed by atoms with Crippen LogP contribution in [-0.4, -0.2) is 147 Å². The number of carboxylic acids is 1. The van der Waals surface area contributed by atoms with E-state index >= 15 is 0 Å². The van der Waals surface area contributed by atoms with Crippen molar-refractivity contribution in [3.8, 4) is 0 Å². The maximum absolute atomic E-state index is 14.5. The molecule has 414 valence electrons. The second-order valence-electron chi connectivity index (χ2n) is 20.0. The van der Waals surface area contributed by atoms with Gasteiger partial charge in [0.25, 0.3) is 0 Å². The van der Waals surface area contributed by atoms with E-state index in [1.807, 2.05) is 44.2 Å². The summed E-state index contributed by atoms with van der Waals surface area (Å²) in [6.45, 7) is 9.95. The lowest BCUT2D eigenvalue weighted by Gasteiger charge is -2.31. The third-order valence-corrected chi connectivity index (χ3v) is 13.6. The molecular weight excluding hydrogens is 995 g/mol. The third-order valence-electron chi connectivity index (χ3n) is 12.9. The van der Waals surface area contributed by atoms with Gasteiger partial charge in [-0.15, -0.1) is 0 Å². The molecule has 11 N–H and O–H groups in total. The summed E-state index contributed by atoms with van der Waals surface area (Å²) in [5.74, 6) is -7.23. The average Bonchev–Trinajstić information content (AvgIpc) is 3.88. The lowest BCUT2D eigenvalue weighted by Crippen LogP contribution is -2.62. The van der Waals surface area contributed by atoms with Crippen molar-refractivity contribution in [3.05, 3.63) is 108 Å². The van der Waals surface area contributed by atoms with E-state index in [2.05, 4.69) is 37.2 Å². The second-order valence-corrected chi connectivity index (χ2v) is 21.0. The summed E-state index contributed by atoms with van der Waals surface area (Å²) in [4.78, 5) is 125. The summed E-state index contributed by atoms with van der Waals surface area (Å²) in [6, 6.07) is 15.8. The number of hydrogen-bond acceptors (Lipinski definition) is 12. The van der Waals surface area contributed by atoms with Crippen molar-refractivity contribution >= 4 is 65.0 Å². The first-order chi connectivity index (χ1) is 36.1. The molecule has 8 amide bonds. The minimum absolute atomic E-state index is 0.0351.